The zero-order chi connectivity index (χ0) is 7.98. The first kappa shape index (κ1) is 8.68. The first-order chi connectivity index (χ1) is 4.70. The third-order valence-electron chi connectivity index (χ3n) is 0.758. The van der Waals surface area contributed by atoms with Crippen LogP contribution in [0.25, 0.3) is 0 Å². The lowest BCUT2D eigenvalue weighted by molar-refractivity contribution is -0.357. The fourth-order valence-corrected chi connectivity index (χ4v) is 0.272. The summed E-state index contributed by atoms with van der Waals surface area (Å²) in [5.41, 5.74) is 0. The highest BCUT2D eigenvalue weighted by Crippen LogP contribution is 1.87. The molecule has 0 aromatic rings. The number of ether oxygens (including phenoxy) is 2. The van der Waals surface area contributed by atoms with Gasteiger partial charge < -0.3 is 19.7 Å². The topological polar surface area (TPSA) is 64.6 Å². The van der Waals surface area contributed by atoms with E-state index in [1.54, 1.807) is 0 Å². The van der Waals surface area contributed by atoms with Gasteiger partial charge in [-0.3, -0.25) is 0 Å². The second-order valence-electron chi connectivity index (χ2n) is 1.38. The molecule has 0 N–H and O–H groups in total. The molecule has 0 saturated heterocycles. The summed E-state index contributed by atoms with van der Waals surface area (Å²) < 4.78 is 8.42. The summed E-state index contributed by atoms with van der Waals surface area (Å²) in [7, 11) is 2.45. The molecular weight excluding hydrogens is 136 g/mol. The highest BCUT2D eigenvalue weighted by atomic mass is 16.6. The first-order valence-electron chi connectivity index (χ1n) is 2.54. The second-order valence-corrected chi connectivity index (χ2v) is 1.38. The van der Waals surface area contributed by atoms with E-state index in [0.717, 1.165) is 12.2 Å². The summed E-state index contributed by atoms with van der Waals surface area (Å²) in [4.78, 5) is 0. The number of hydrogen-bond donors (Lipinski definition) is 0. The van der Waals surface area contributed by atoms with Gasteiger partial charge in [-0.1, -0.05) is 0 Å². The molecule has 0 aliphatic rings. The fraction of sp³-hybridized carbons (Fsp3) is 0.333. The van der Waals surface area contributed by atoms with E-state index >= 15 is 0 Å². The fourth-order valence-electron chi connectivity index (χ4n) is 0.272. The van der Waals surface area contributed by atoms with E-state index in [9.17, 15) is 10.2 Å². The van der Waals surface area contributed by atoms with Gasteiger partial charge in [-0.15, -0.1) is 0 Å². The van der Waals surface area contributed by atoms with Crippen molar-refractivity contribution in [2.75, 3.05) is 14.2 Å². The Kier molecular flexibility index (Phi) is 3.95. The summed E-state index contributed by atoms with van der Waals surface area (Å²) >= 11 is 0. The van der Waals surface area contributed by atoms with E-state index in [4.69, 9.17) is 0 Å². The summed E-state index contributed by atoms with van der Waals surface area (Å²) in [6.45, 7) is 0. The standard InChI is InChI=1S/C6H10O4/c1-9-5(7)3-4-6(8)10-2/h3-4,7-8H,1-2H3/p-2. The minimum Gasteiger partial charge on any atom is -0.617 e. The Morgan fingerprint density at radius 2 is 1.30 bits per heavy atom. The number of methoxy groups -OCH3 is 2. The first-order valence-corrected chi connectivity index (χ1v) is 2.54. The maximum Gasteiger partial charge on any atom is 0.0510 e. The minimum atomic E-state index is -0.578. The summed E-state index contributed by atoms with van der Waals surface area (Å²) in [6.07, 6.45) is 1.98. The average molecular weight is 144 g/mol. The molecule has 0 saturated carbocycles. The Morgan fingerprint density at radius 1 is 1.00 bits per heavy atom. The van der Waals surface area contributed by atoms with Crippen LogP contribution in [0.1, 0.15) is 0 Å². The van der Waals surface area contributed by atoms with Crippen LogP contribution in [0.15, 0.2) is 24.0 Å². The van der Waals surface area contributed by atoms with E-state index in [1.165, 1.54) is 14.2 Å². The van der Waals surface area contributed by atoms with Gasteiger partial charge in [0.25, 0.3) is 0 Å². The van der Waals surface area contributed by atoms with Gasteiger partial charge in [-0.25, -0.2) is 0 Å². The number of rotatable bonds is 3. The van der Waals surface area contributed by atoms with Gasteiger partial charge in [0.05, 0.1) is 11.9 Å². The van der Waals surface area contributed by atoms with Crippen molar-refractivity contribution >= 4 is 0 Å². The minimum absolute atomic E-state index is 0.578. The quantitative estimate of drug-likeness (QED) is 0.364. The zero-order valence-corrected chi connectivity index (χ0v) is 5.79. The predicted octanol–water partition coefficient (Wildman–Crippen LogP) is -1.32. The predicted molar refractivity (Wildman–Crippen MR) is 30.2 cm³/mol. The molecule has 0 atom stereocenters. The Bertz CT molecular complexity index is 130. The van der Waals surface area contributed by atoms with Gasteiger partial charge in [-0.05, 0) is 26.4 Å². The van der Waals surface area contributed by atoms with E-state index in [0.29, 0.717) is 0 Å². The van der Waals surface area contributed by atoms with Crippen LogP contribution in [0, 0.1) is 0 Å². The van der Waals surface area contributed by atoms with Crippen molar-refractivity contribution in [1.82, 2.24) is 0 Å². The lowest BCUT2D eigenvalue weighted by atomic mass is 10.5. The lowest BCUT2D eigenvalue weighted by Gasteiger charge is -2.09. The van der Waals surface area contributed by atoms with Crippen molar-refractivity contribution in [3.8, 4) is 0 Å². The normalized spacial score (nSPS) is 13.0. The summed E-state index contributed by atoms with van der Waals surface area (Å²) in [5.74, 6) is -1.16. The van der Waals surface area contributed by atoms with Crippen molar-refractivity contribution in [3.05, 3.63) is 24.0 Å². The van der Waals surface area contributed by atoms with Crippen LogP contribution in [-0.2, 0) is 9.47 Å². The van der Waals surface area contributed by atoms with Crippen molar-refractivity contribution in [3.63, 3.8) is 0 Å². The monoisotopic (exact) mass is 144 g/mol. The molecular formula is C6H8O4-2. The molecule has 0 bridgehead atoms. The molecule has 58 valence electrons. The maximum atomic E-state index is 10.3. The van der Waals surface area contributed by atoms with E-state index in [2.05, 4.69) is 9.47 Å². The molecule has 0 rings (SSSR count). The smallest absolute Gasteiger partial charge is 0.0510 e. The largest absolute Gasteiger partial charge is 0.617 e. The molecule has 4 nitrogen and oxygen atoms in total. The molecule has 0 fully saturated rings. The average Bonchev–Trinajstić information content (AvgIpc) is 1.99. The van der Waals surface area contributed by atoms with Gasteiger partial charge in [0.2, 0.25) is 0 Å². The van der Waals surface area contributed by atoms with Gasteiger partial charge in [0.1, 0.15) is 0 Å². The molecule has 0 aliphatic heterocycles. The van der Waals surface area contributed by atoms with Crippen LogP contribution in [-0.4, -0.2) is 14.2 Å². The molecule has 10 heavy (non-hydrogen) atoms. The lowest BCUT2D eigenvalue weighted by Crippen LogP contribution is -2.07. The van der Waals surface area contributed by atoms with Crippen molar-refractivity contribution in [2.45, 2.75) is 0 Å². The van der Waals surface area contributed by atoms with Crippen molar-refractivity contribution in [2.24, 2.45) is 0 Å². The molecule has 4 heteroatoms. The van der Waals surface area contributed by atoms with Gasteiger partial charge >= 0.3 is 0 Å². The van der Waals surface area contributed by atoms with Gasteiger partial charge in [-0.2, -0.15) is 0 Å². The second kappa shape index (κ2) is 4.55. The van der Waals surface area contributed by atoms with Crippen LogP contribution in [0.3, 0.4) is 0 Å². The molecule has 0 aromatic heterocycles. The van der Waals surface area contributed by atoms with E-state index in [1.807, 2.05) is 0 Å². The Balaban J connectivity index is 3.91. The Morgan fingerprint density at radius 3 is 1.50 bits per heavy atom. The van der Waals surface area contributed by atoms with Crippen molar-refractivity contribution in [1.29, 1.82) is 0 Å². The van der Waals surface area contributed by atoms with Crippen LogP contribution in [0.2, 0.25) is 0 Å². The number of allylic oxidation sites excluding steroid dienone is 2. The molecule has 0 spiro atoms. The van der Waals surface area contributed by atoms with Crippen LogP contribution in [0.4, 0.5) is 0 Å². The third-order valence-corrected chi connectivity index (χ3v) is 0.758. The highest BCUT2D eigenvalue weighted by molar-refractivity contribution is 5.01. The maximum absolute atomic E-state index is 10.3. The summed E-state index contributed by atoms with van der Waals surface area (Å²) in [6, 6.07) is 0. The molecule has 0 heterocycles. The van der Waals surface area contributed by atoms with Crippen LogP contribution < -0.4 is 10.2 Å². The van der Waals surface area contributed by atoms with Gasteiger partial charge in [0, 0.05) is 0 Å². The van der Waals surface area contributed by atoms with E-state index in [-0.39, 0.29) is 0 Å². The molecule has 0 aromatic carbocycles. The summed E-state index contributed by atoms with van der Waals surface area (Å²) in [5, 5.41) is 20.6. The molecule has 0 aliphatic carbocycles. The molecule has 0 radical (unpaired) electrons. The Hall–Kier alpha value is -1.32. The number of hydrogen-bond acceptors (Lipinski definition) is 4. The molecule has 0 unspecified atom stereocenters. The molecule has 0 amide bonds. The Labute approximate surface area is 59.0 Å². The van der Waals surface area contributed by atoms with E-state index < -0.39 is 11.9 Å². The highest BCUT2D eigenvalue weighted by Gasteiger charge is 1.73. The van der Waals surface area contributed by atoms with Crippen LogP contribution in [0.5, 0.6) is 0 Å². The van der Waals surface area contributed by atoms with Crippen LogP contribution >= 0.6 is 0 Å². The third kappa shape index (κ3) is 3.65. The SMILES string of the molecule is COC([O-])=CC=C([O-])OC. The van der Waals surface area contributed by atoms with Gasteiger partial charge in [0.15, 0.2) is 0 Å². The van der Waals surface area contributed by atoms with Crippen molar-refractivity contribution < 1.29 is 19.7 Å². The zero-order valence-electron chi connectivity index (χ0n) is 5.79.